The Balaban J connectivity index is 2.43. The summed E-state index contributed by atoms with van der Waals surface area (Å²) in [5.74, 6) is 1.62. The third-order valence-corrected chi connectivity index (χ3v) is 3.07. The molecule has 0 fully saturated rings. The summed E-state index contributed by atoms with van der Waals surface area (Å²) in [4.78, 5) is 16.1. The molecule has 6 heteroatoms. The van der Waals surface area contributed by atoms with Crippen LogP contribution in [0, 0.1) is 0 Å². The van der Waals surface area contributed by atoms with Gasteiger partial charge in [-0.25, -0.2) is 4.98 Å². The number of likely N-dealkylation sites (N-methyl/N-ethyl adjacent to an activating group) is 1. The number of carbonyl (C=O) groups excluding carboxylic acids is 1. The summed E-state index contributed by atoms with van der Waals surface area (Å²) in [6.07, 6.45) is 0. The summed E-state index contributed by atoms with van der Waals surface area (Å²) in [6.45, 7) is 2.71. The second-order valence-corrected chi connectivity index (χ2v) is 4.32. The van der Waals surface area contributed by atoms with Crippen LogP contribution >= 0.6 is 11.6 Å². The van der Waals surface area contributed by atoms with Crippen molar-refractivity contribution in [3.63, 3.8) is 0 Å². The number of carbonyl (C=O) groups is 1. The first-order valence-corrected chi connectivity index (χ1v) is 6.58. The summed E-state index contributed by atoms with van der Waals surface area (Å²) >= 11 is 5.89. The second-order valence-electron chi connectivity index (χ2n) is 4.06. The molecule has 19 heavy (non-hydrogen) atoms. The van der Waals surface area contributed by atoms with Crippen molar-refractivity contribution in [2.75, 3.05) is 13.7 Å². The van der Waals surface area contributed by atoms with Gasteiger partial charge >= 0.3 is 0 Å². The Bertz CT molecular complexity index is 595. The molecule has 0 spiro atoms. The lowest BCUT2D eigenvalue weighted by molar-refractivity contribution is -0.121. The van der Waals surface area contributed by atoms with Crippen molar-refractivity contribution in [2.24, 2.45) is 0 Å². The highest BCUT2D eigenvalue weighted by molar-refractivity contribution is 6.16. The first-order chi connectivity index (χ1) is 9.19. The highest BCUT2D eigenvalue weighted by atomic mass is 35.5. The first-order valence-electron chi connectivity index (χ1n) is 6.05. The Morgan fingerprint density at radius 2 is 2.32 bits per heavy atom. The average Bonchev–Trinajstić information content (AvgIpc) is 2.76. The molecule has 2 rings (SSSR count). The Hall–Kier alpha value is -1.75. The maximum absolute atomic E-state index is 11.7. The van der Waals surface area contributed by atoms with Crippen LogP contribution in [0.25, 0.3) is 11.0 Å². The SMILES string of the molecule is CCNC(=O)Cn1c(CCl)nc2cc(OC)ccc21. The van der Waals surface area contributed by atoms with Crippen LogP contribution in [0.5, 0.6) is 5.75 Å². The van der Waals surface area contributed by atoms with Gasteiger partial charge in [-0.05, 0) is 19.1 Å². The standard InChI is InChI=1S/C13H16ClN3O2/c1-3-15-13(18)8-17-11-5-4-9(19-2)6-10(11)16-12(17)7-14/h4-6H,3,7-8H2,1-2H3,(H,15,18). The van der Waals surface area contributed by atoms with Gasteiger partial charge in [0.1, 0.15) is 18.1 Å². The Kier molecular flexibility index (Phi) is 4.27. The number of imidazole rings is 1. The van der Waals surface area contributed by atoms with E-state index in [4.69, 9.17) is 16.3 Å². The number of aromatic nitrogens is 2. The molecule has 0 aliphatic rings. The van der Waals surface area contributed by atoms with Crippen molar-refractivity contribution in [1.82, 2.24) is 14.9 Å². The maximum atomic E-state index is 11.7. The number of rotatable bonds is 5. The van der Waals surface area contributed by atoms with E-state index in [0.29, 0.717) is 12.4 Å². The molecule has 5 nitrogen and oxygen atoms in total. The number of alkyl halides is 1. The van der Waals surface area contributed by atoms with Crippen LogP contribution in [0.2, 0.25) is 0 Å². The van der Waals surface area contributed by atoms with Crippen molar-refractivity contribution in [1.29, 1.82) is 0 Å². The lowest BCUT2D eigenvalue weighted by Crippen LogP contribution is -2.27. The Labute approximate surface area is 116 Å². The lowest BCUT2D eigenvalue weighted by atomic mass is 10.3. The van der Waals surface area contributed by atoms with E-state index in [9.17, 15) is 4.79 Å². The maximum Gasteiger partial charge on any atom is 0.239 e. The minimum absolute atomic E-state index is 0.0519. The van der Waals surface area contributed by atoms with Gasteiger partial charge in [0.2, 0.25) is 5.91 Å². The zero-order valence-corrected chi connectivity index (χ0v) is 11.7. The van der Waals surface area contributed by atoms with Gasteiger partial charge < -0.3 is 14.6 Å². The van der Waals surface area contributed by atoms with Gasteiger partial charge in [-0.3, -0.25) is 4.79 Å². The van der Waals surface area contributed by atoms with Gasteiger partial charge in [0, 0.05) is 12.6 Å². The van der Waals surface area contributed by atoms with E-state index in [1.807, 2.05) is 29.7 Å². The van der Waals surface area contributed by atoms with Gasteiger partial charge in [0.05, 0.1) is 24.0 Å². The van der Waals surface area contributed by atoms with Gasteiger partial charge in [-0.15, -0.1) is 11.6 Å². The highest BCUT2D eigenvalue weighted by Gasteiger charge is 2.13. The normalized spacial score (nSPS) is 10.7. The molecule has 0 unspecified atom stereocenters. The molecule has 102 valence electrons. The number of hydrogen-bond donors (Lipinski definition) is 1. The molecule has 1 aromatic carbocycles. The number of benzene rings is 1. The minimum Gasteiger partial charge on any atom is -0.497 e. The van der Waals surface area contributed by atoms with Crippen LogP contribution < -0.4 is 10.1 Å². The van der Waals surface area contributed by atoms with E-state index in [1.165, 1.54) is 0 Å². The molecule has 0 aliphatic heterocycles. The molecule has 1 heterocycles. The molecule has 1 N–H and O–H groups in total. The number of fused-ring (bicyclic) bond motifs is 1. The molecular weight excluding hydrogens is 266 g/mol. The summed E-state index contributed by atoms with van der Waals surface area (Å²) in [7, 11) is 1.61. The number of hydrogen-bond acceptors (Lipinski definition) is 3. The zero-order valence-electron chi connectivity index (χ0n) is 10.9. The van der Waals surface area contributed by atoms with E-state index in [-0.39, 0.29) is 18.3 Å². The Morgan fingerprint density at radius 1 is 1.53 bits per heavy atom. The van der Waals surface area contributed by atoms with Crippen LogP contribution in [-0.4, -0.2) is 29.1 Å². The number of amides is 1. The van der Waals surface area contributed by atoms with Crippen LogP contribution in [0.1, 0.15) is 12.7 Å². The molecule has 0 bridgehead atoms. The number of nitrogens with one attached hydrogen (secondary N) is 1. The topological polar surface area (TPSA) is 56.2 Å². The third-order valence-electron chi connectivity index (χ3n) is 2.83. The molecule has 1 aromatic heterocycles. The third kappa shape index (κ3) is 2.81. The fourth-order valence-corrected chi connectivity index (χ4v) is 2.17. The number of methoxy groups -OCH3 is 1. The quantitative estimate of drug-likeness (QED) is 0.852. The fourth-order valence-electron chi connectivity index (χ4n) is 1.96. The predicted molar refractivity (Wildman–Crippen MR) is 74.5 cm³/mol. The summed E-state index contributed by atoms with van der Waals surface area (Å²) in [5.41, 5.74) is 1.65. The van der Waals surface area contributed by atoms with E-state index in [0.717, 1.165) is 16.8 Å². The lowest BCUT2D eigenvalue weighted by Gasteiger charge is -2.07. The molecule has 0 saturated heterocycles. The first kappa shape index (κ1) is 13.7. The van der Waals surface area contributed by atoms with Crippen molar-refractivity contribution in [2.45, 2.75) is 19.3 Å². The van der Waals surface area contributed by atoms with Crippen molar-refractivity contribution in [3.05, 3.63) is 24.0 Å². The van der Waals surface area contributed by atoms with E-state index < -0.39 is 0 Å². The molecule has 1 amide bonds. The zero-order chi connectivity index (χ0) is 13.8. The van der Waals surface area contributed by atoms with Gasteiger partial charge in [0.15, 0.2) is 0 Å². The summed E-state index contributed by atoms with van der Waals surface area (Å²) in [5, 5.41) is 2.77. The summed E-state index contributed by atoms with van der Waals surface area (Å²) in [6, 6.07) is 5.56. The van der Waals surface area contributed by atoms with Crippen LogP contribution in [-0.2, 0) is 17.2 Å². The van der Waals surface area contributed by atoms with Crippen LogP contribution in [0.15, 0.2) is 18.2 Å². The molecule has 0 saturated carbocycles. The van der Waals surface area contributed by atoms with Gasteiger partial charge in [-0.1, -0.05) is 0 Å². The monoisotopic (exact) mass is 281 g/mol. The second kappa shape index (κ2) is 5.93. The van der Waals surface area contributed by atoms with Crippen molar-refractivity contribution < 1.29 is 9.53 Å². The highest BCUT2D eigenvalue weighted by Crippen LogP contribution is 2.22. The average molecular weight is 282 g/mol. The van der Waals surface area contributed by atoms with Crippen LogP contribution in [0.3, 0.4) is 0 Å². The van der Waals surface area contributed by atoms with Crippen molar-refractivity contribution in [3.8, 4) is 5.75 Å². The van der Waals surface area contributed by atoms with E-state index in [1.54, 1.807) is 7.11 Å². The van der Waals surface area contributed by atoms with E-state index >= 15 is 0 Å². The minimum atomic E-state index is -0.0519. The number of halogens is 1. The van der Waals surface area contributed by atoms with Gasteiger partial charge in [-0.2, -0.15) is 0 Å². The van der Waals surface area contributed by atoms with Crippen molar-refractivity contribution >= 4 is 28.5 Å². The number of ether oxygens (including phenoxy) is 1. The molecule has 2 aromatic rings. The molecule has 0 atom stereocenters. The molecular formula is C13H16ClN3O2. The van der Waals surface area contributed by atoms with E-state index in [2.05, 4.69) is 10.3 Å². The summed E-state index contributed by atoms with van der Waals surface area (Å²) < 4.78 is 6.99. The fraction of sp³-hybridized carbons (Fsp3) is 0.385. The molecule has 0 radical (unpaired) electrons. The molecule has 0 aliphatic carbocycles. The Morgan fingerprint density at radius 3 is 2.95 bits per heavy atom. The largest absolute Gasteiger partial charge is 0.497 e. The smallest absolute Gasteiger partial charge is 0.239 e. The van der Waals surface area contributed by atoms with Gasteiger partial charge in [0.25, 0.3) is 0 Å². The van der Waals surface area contributed by atoms with Crippen LogP contribution in [0.4, 0.5) is 0 Å². The number of nitrogens with zero attached hydrogens (tertiary/aromatic N) is 2. The predicted octanol–water partition coefficient (Wildman–Crippen LogP) is 1.92.